The van der Waals surface area contributed by atoms with Crippen LogP contribution in [-0.4, -0.2) is 68.7 Å². The maximum Gasteiger partial charge on any atom is 0.260 e. The molecule has 0 radical (unpaired) electrons. The number of aromatic nitrogens is 4. The second kappa shape index (κ2) is 9.04. The van der Waals surface area contributed by atoms with E-state index in [4.69, 9.17) is 4.74 Å². The van der Waals surface area contributed by atoms with Crippen LogP contribution < -0.4 is 4.74 Å². The quantitative estimate of drug-likeness (QED) is 0.623. The van der Waals surface area contributed by atoms with Gasteiger partial charge < -0.3 is 9.64 Å². The predicted octanol–water partition coefficient (Wildman–Crippen LogP) is 2.00. The molecule has 8 nitrogen and oxygen atoms in total. The van der Waals surface area contributed by atoms with Crippen molar-refractivity contribution >= 4 is 5.91 Å². The first-order chi connectivity index (χ1) is 14.6. The van der Waals surface area contributed by atoms with Gasteiger partial charge in [-0.3, -0.25) is 9.69 Å². The van der Waals surface area contributed by atoms with Crippen LogP contribution in [0, 0.1) is 13.8 Å². The summed E-state index contributed by atoms with van der Waals surface area (Å²) in [4.78, 5) is 16.6. The number of ether oxygens (including phenoxy) is 1. The number of tetrazole rings is 1. The van der Waals surface area contributed by atoms with Crippen molar-refractivity contribution in [1.29, 1.82) is 0 Å². The van der Waals surface area contributed by atoms with Gasteiger partial charge >= 0.3 is 0 Å². The average molecular weight is 406 g/mol. The van der Waals surface area contributed by atoms with E-state index >= 15 is 0 Å². The van der Waals surface area contributed by atoms with Crippen LogP contribution in [0.5, 0.6) is 5.75 Å². The lowest BCUT2D eigenvalue weighted by atomic mass is 10.2. The molecule has 2 heterocycles. The average Bonchev–Trinajstić information content (AvgIpc) is 3.21. The highest BCUT2D eigenvalue weighted by atomic mass is 16.5. The van der Waals surface area contributed by atoms with Gasteiger partial charge in [-0.1, -0.05) is 29.8 Å². The fourth-order valence-corrected chi connectivity index (χ4v) is 3.49. The van der Waals surface area contributed by atoms with Crippen molar-refractivity contribution in [2.75, 3.05) is 32.8 Å². The molecule has 1 aliphatic heterocycles. The summed E-state index contributed by atoms with van der Waals surface area (Å²) in [5.41, 5.74) is 3.25. The summed E-state index contributed by atoms with van der Waals surface area (Å²) >= 11 is 0. The van der Waals surface area contributed by atoms with E-state index in [0.29, 0.717) is 19.6 Å². The lowest BCUT2D eigenvalue weighted by molar-refractivity contribution is -0.135. The number of benzene rings is 2. The maximum absolute atomic E-state index is 12.5. The number of aryl methyl sites for hydroxylation is 2. The molecule has 8 heteroatoms. The smallest absolute Gasteiger partial charge is 0.260 e. The number of rotatable bonds is 6. The van der Waals surface area contributed by atoms with Crippen LogP contribution in [-0.2, 0) is 11.3 Å². The fraction of sp³-hybridized carbons (Fsp3) is 0.364. The zero-order valence-corrected chi connectivity index (χ0v) is 17.4. The van der Waals surface area contributed by atoms with E-state index in [1.807, 2.05) is 60.4 Å². The molecule has 2 aromatic carbocycles. The molecule has 0 aliphatic carbocycles. The van der Waals surface area contributed by atoms with Gasteiger partial charge in [0.1, 0.15) is 5.75 Å². The third-order valence-corrected chi connectivity index (χ3v) is 5.25. The highest BCUT2D eigenvalue weighted by Crippen LogP contribution is 2.14. The summed E-state index contributed by atoms with van der Waals surface area (Å²) in [7, 11) is 0. The molecule has 1 saturated heterocycles. The van der Waals surface area contributed by atoms with E-state index in [1.165, 1.54) is 5.56 Å². The highest BCUT2D eigenvalue weighted by molar-refractivity contribution is 5.77. The van der Waals surface area contributed by atoms with Gasteiger partial charge in [-0.25, -0.2) is 0 Å². The Labute approximate surface area is 176 Å². The molecule has 30 heavy (non-hydrogen) atoms. The molecule has 156 valence electrons. The first kappa shape index (κ1) is 20.0. The van der Waals surface area contributed by atoms with Crippen LogP contribution in [0.2, 0.25) is 0 Å². The Balaban J connectivity index is 1.28. The Morgan fingerprint density at radius 1 is 1.00 bits per heavy atom. The van der Waals surface area contributed by atoms with E-state index in [2.05, 4.69) is 27.3 Å². The van der Waals surface area contributed by atoms with Crippen LogP contribution in [0.4, 0.5) is 0 Å². The van der Waals surface area contributed by atoms with Crippen LogP contribution >= 0.6 is 0 Å². The Morgan fingerprint density at radius 3 is 2.50 bits per heavy atom. The molecule has 0 bridgehead atoms. The molecule has 0 unspecified atom stereocenters. The van der Waals surface area contributed by atoms with Gasteiger partial charge in [-0.05, 0) is 54.1 Å². The van der Waals surface area contributed by atoms with Crippen LogP contribution in [0.3, 0.4) is 0 Å². The Kier molecular flexibility index (Phi) is 6.04. The van der Waals surface area contributed by atoms with Crippen molar-refractivity contribution in [3.63, 3.8) is 0 Å². The Morgan fingerprint density at radius 2 is 1.77 bits per heavy atom. The monoisotopic (exact) mass is 406 g/mol. The molecule has 3 aromatic rings. The third-order valence-electron chi connectivity index (χ3n) is 5.25. The SMILES string of the molecule is Cc1ccc(-n2nnnc2CN2CCN(C(=O)COc3cccc(C)c3)CC2)cc1. The van der Waals surface area contributed by atoms with Crippen molar-refractivity contribution in [1.82, 2.24) is 30.0 Å². The largest absolute Gasteiger partial charge is 0.484 e. The van der Waals surface area contributed by atoms with Gasteiger partial charge in [0, 0.05) is 26.2 Å². The normalized spacial score (nSPS) is 14.7. The van der Waals surface area contributed by atoms with Crippen LogP contribution in [0.1, 0.15) is 17.0 Å². The zero-order valence-electron chi connectivity index (χ0n) is 17.4. The molecule has 0 N–H and O–H groups in total. The molecule has 0 spiro atoms. The van der Waals surface area contributed by atoms with Gasteiger partial charge in [-0.15, -0.1) is 5.10 Å². The summed E-state index contributed by atoms with van der Waals surface area (Å²) in [6, 6.07) is 15.9. The summed E-state index contributed by atoms with van der Waals surface area (Å²) in [5.74, 6) is 1.53. The lowest BCUT2D eigenvalue weighted by Crippen LogP contribution is -2.49. The van der Waals surface area contributed by atoms with E-state index in [0.717, 1.165) is 35.9 Å². The molecule has 0 atom stereocenters. The fourth-order valence-electron chi connectivity index (χ4n) is 3.49. The number of hydrogen-bond acceptors (Lipinski definition) is 6. The Hall–Kier alpha value is -3.26. The summed E-state index contributed by atoms with van der Waals surface area (Å²) in [6.45, 7) is 7.65. The summed E-state index contributed by atoms with van der Waals surface area (Å²) in [6.07, 6.45) is 0. The molecule has 1 amide bonds. The highest BCUT2D eigenvalue weighted by Gasteiger charge is 2.23. The summed E-state index contributed by atoms with van der Waals surface area (Å²) in [5, 5.41) is 12.2. The molecule has 1 fully saturated rings. The molecule has 0 saturated carbocycles. The van der Waals surface area contributed by atoms with E-state index < -0.39 is 0 Å². The van der Waals surface area contributed by atoms with Crippen molar-refractivity contribution in [2.24, 2.45) is 0 Å². The van der Waals surface area contributed by atoms with Gasteiger partial charge in [0.25, 0.3) is 5.91 Å². The van der Waals surface area contributed by atoms with Gasteiger partial charge in [-0.2, -0.15) is 4.68 Å². The minimum atomic E-state index is 0.0145. The molecular weight excluding hydrogens is 380 g/mol. The number of hydrogen-bond donors (Lipinski definition) is 0. The Bertz CT molecular complexity index is 993. The van der Waals surface area contributed by atoms with Crippen molar-refractivity contribution in [3.8, 4) is 11.4 Å². The molecule has 1 aromatic heterocycles. The molecule has 1 aliphatic rings. The topological polar surface area (TPSA) is 76.4 Å². The minimum Gasteiger partial charge on any atom is -0.484 e. The lowest BCUT2D eigenvalue weighted by Gasteiger charge is -2.34. The van der Waals surface area contributed by atoms with E-state index in [-0.39, 0.29) is 12.5 Å². The zero-order chi connectivity index (χ0) is 20.9. The molecular formula is C22H26N6O2. The van der Waals surface area contributed by atoms with Crippen molar-refractivity contribution in [3.05, 3.63) is 65.5 Å². The van der Waals surface area contributed by atoms with Crippen LogP contribution in [0.15, 0.2) is 48.5 Å². The third kappa shape index (κ3) is 4.83. The van der Waals surface area contributed by atoms with E-state index in [9.17, 15) is 4.79 Å². The van der Waals surface area contributed by atoms with Crippen LogP contribution in [0.25, 0.3) is 5.69 Å². The number of piperazine rings is 1. The number of carbonyl (C=O) groups is 1. The first-order valence-corrected chi connectivity index (χ1v) is 10.1. The first-order valence-electron chi connectivity index (χ1n) is 10.1. The standard InChI is InChI=1S/C22H26N6O2/c1-17-6-8-19(9-7-17)28-21(23-24-25-28)15-26-10-12-27(13-11-26)22(29)16-30-20-5-3-4-18(2)14-20/h3-9,14H,10-13,15-16H2,1-2H3. The number of nitrogens with zero attached hydrogens (tertiary/aromatic N) is 6. The van der Waals surface area contributed by atoms with Gasteiger partial charge in [0.2, 0.25) is 0 Å². The maximum atomic E-state index is 12.5. The van der Waals surface area contributed by atoms with Gasteiger partial charge in [0.05, 0.1) is 12.2 Å². The number of carbonyl (C=O) groups excluding carboxylic acids is 1. The second-order valence-corrected chi connectivity index (χ2v) is 7.60. The number of amides is 1. The van der Waals surface area contributed by atoms with E-state index in [1.54, 1.807) is 4.68 Å². The summed E-state index contributed by atoms with van der Waals surface area (Å²) < 4.78 is 7.42. The minimum absolute atomic E-state index is 0.0145. The second-order valence-electron chi connectivity index (χ2n) is 7.60. The van der Waals surface area contributed by atoms with Crippen molar-refractivity contribution in [2.45, 2.75) is 20.4 Å². The van der Waals surface area contributed by atoms with Gasteiger partial charge in [0.15, 0.2) is 12.4 Å². The van der Waals surface area contributed by atoms with Crippen molar-refractivity contribution < 1.29 is 9.53 Å². The molecule has 4 rings (SSSR count). The predicted molar refractivity (Wildman–Crippen MR) is 112 cm³/mol.